The molecule has 1 rings (SSSR count). The van der Waals surface area contributed by atoms with E-state index in [4.69, 9.17) is 0 Å². The highest BCUT2D eigenvalue weighted by molar-refractivity contribution is 7.85. The molecular weight excluding hydrogens is 170 g/mol. The monoisotopic (exact) mass is 189 g/mol. The Bertz CT molecular complexity index is 161. The molecule has 0 aliphatic carbocycles. The van der Waals surface area contributed by atoms with Crippen molar-refractivity contribution in [2.75, 3.05) is 24.6 Å². The van der Waals surface area contributed by atoms with E-state index in [1.54, 1.807) is 0 Å². The Labute approximate surface area is 77.8 Å². The molecule has 2 atom stereocenters. The minimum absolute atomic E-state index is 0.536. The quantitative estimate of drug-likeness (QED) is 0.666. The van der Waals surface area contributed by atoms with Crippen molar-refractivity contribution in [3.63, 3.8) is 0 Å². The smallest absolute Gasteiger partial charge is 0.0391 e. The van der Waals surface area contributed by atoms with Gasteiger partial charge in [0.1, 0.15) is 0 Å². The molecule has 1 aliphatic heterocycles. The van der Waals surface area contributed by atoms with Gasteiger partial charge in [-0.3, -0.25) is 9.11 Å². The van der Waals surface area contributed by atoms with Gasteiger partial charge >= 0.3 is 0 Å². The first kappa shape index (κ1) is 10.2. The van der Waals surface area contributed by atoms with Crippen LogP contribution in [0.4, 0.5) is 0 Å². The molecule has 1 heterocycles. The van der Waals surface area contributed by atoms with E-state index in [-0.39, 0.29) is 0 Å². The predicted octanol–water partition coefficient (Wildman–Crippen LogP) is 1.24. The van der Waals surface area contributed by atoms with Crippen LogP contribution in [0.2, 0.25) is 0 Å². The van der Waals surface area contributed by atoms with Crippen LogP contribution in [-0.2, 0) is 10.8 Å². The molecule has 3 heteroatoms. The second kappa shape index (κ2) is 4.97. The van der Waals surface area contributed by atoms with Crippen molar-refractivity contribution in [2.45, 2.75) is 32.7 Å². The van der Waals surface area contributed by atoms with Gasteiger partial charge < -0.3 is 0 Å². The Balaban J connectivity index is 2.45. The summed E-state index contributed by atoms with van der Waals surface area (Å²) in [5, 5.41) is 0. The number of nitrogens with zero attached hydrogens (tertiary/aromatic N) is 1. The Morgan fingerprint density at radius 1 is 1.50 bits per heavy atom. The van der Waals surface area contributed by atoms with Gasteiger partial charge in [0.25, 0.3) is 0 Å². The van der Waals surface area contributed by atoms with Crippen LogP contribution in [-0.4, -0.2) is 39.7 Å². The molecule has 0 amide bonds. The summed E-state index contributed by atoms with van der Waals surface area (Å²) >= 11 is 0. The highest BCUT2D eigenvalue weighted by Gasteiger charge is 2.23. The molecule has 72 valence electrons. The fraction of sp³-hybridized carbons (Fsp3) is 1.00. The average Bonchev–Trinajstić information content (AvgIpc) is 2.05. The van der Waals surface area contributed by atoms with Crippen LogP contribution >= 0.6 is 0 Å². The third kappa shape index (κ3) is 2.56. The Morgan fingerprint density at radius 2 is 2.25 bits per heavy atom. The SMILES string of the molecule is CCCC1CS(=O)CCN1CC. The van der Waals surface area contributed by atoms with E-state index in [0.29, 0.717) is 6.04 Å². The highest BCUT2D eigenvalue weighted by atomic mass is 32.2. The largest absolute Gasteiger partial charge is 0.299 e. The van der Waals surface area contributed by atoms with E-state index < -0.39 is 10.8 Å². The second-order valence-electron chi connectivity index (χ2n) is 3.38. The van der Waals surface area contributed by atoms with Gasteiger partial charge in [-0.15, -0.1) is 0 Å². The summed E-state index contributed by atoms with van der Waals surface area (Å²) in [6.45, 7) is 6.54. The van der Waals surface area contributed by atoms with Crippen molar-refractivity contribution < 1.29 is 4.21 Å². The molecule has 0 saturated carbocycles. The third-order valence-corrected chi connectivity index (χ3v) is 3.92. The standard InChI is InChI=1S/C9H19NOS/c1-3-5-9-8-12(11)7-6-10(9)4-2/h9H,3-8H2,1-2H3. The van der Waals surface area contributed by atoms with Gasteiger partial charge in [-0.2, -0.15) is 0 Å². The van der Waals surface area contributed by atoms with Crippen LogP contribution in [0.25, 0.3) is 0 Å². The van der Waals surface area contributed by atoms with Crippen LogP contribution in [0.5, 0.6) is 0 Å². The normalized spacial score (nSPS) is 32.2. The first-order valence-corrected chi connectivity index (χ1v) is 6.35. The van der Waals surface area contributed by atoms with E-state index in [2.05, 4.69) is 18.7 Å². The lowest BCUT2D eigenvalue weighted by atomic mass is 10.1. The first-order chi connectivity index (χ1) is 5.77. The Morgan fingerprint density at radius 3 is 2.83 bits per heavy atom. The molecule has 12 heavy (non-hydrogen) atoms. The fourth-order valence-electron chi connectivity index (χ4n) is 1.82. The summed E-state index contributed by atoms with van der Waals surface area (Å²) in [7, 11) is -0.536. The zero-order chi connectivity index (χ0) is 8.97. The van der Waals surface area contributed by atoms with Crippen LogP contribution in [0.1, 0.15) is 26.7 Å². The minimum Gasteiger partial charge on any atom is -0.299 e. The van der Waals surface area contributed by atoms with E-state index in [0.717, 1.165) is 24.6 Å². The summed E-state index contributed by atoms with van der Waals surface area (Å²) < 4.78 is 11.3. The van der Waals surface area contributed by atoms with Gasteiger partial charge in [0, 0.05) is 34.9 Å². The lowest BCUT2D eigenvalue weighted by molar-refractivity contribution is 0.216. The minimum atomic E-state index is -0.536. The predicted molar refractivity (Wildman–Crippen MR) is 53.8 cm³/mol. The summed E-state index contributed by atoms with van der Waals surface area (Å²) in [5.41, 5.74) is 0. The van der Waals surface area contributed by atoms with Crippen LogP contribution in [0.3, 0.4) is 0 Å². The van der Waals surface area contributed by atoms with E-state index in [9.17, 15) is 4.21 Å². The summed E-state index contributed by atoms with van der Waals surface area (Å²) in [6, 6.07) is 0.592. The summed E-state index contributed by atoms with van der Waals surface area (Å²) in [4.78, 5) is 2.46. The van der Waals surface area contributed by atoms with Gasteiger partial charge in [0.05, 0.1) is 0 Å². The van der Waals surface area contributed by atoms with Gasteiger partial charge in [-0.05, 0) is 13.0 Å². The van der Waals surface area contributed by atoms with Crippen LogP contribution < -0.4 is 0 Å². The maximum Gasteiger partial charge on any atom is 0.0391 e. The first-order valence-electron chi connectivity index (χ1n) is 4.87. The van der Waals surface area contributed by atoms with Gasteiger partial charge in [-0.25, -0.2) is 0 Å². The third-order valence-electron chi connectivity index (χ3n) is 2.53. The number of hydrogen-bond acceptors (Lipinski definition) is 2. The fourth-order valence-corrected chi connectivity index (χ4v) is 3.23. The maximum atomic E-state index is 11.3. The Hall–Kier alpha value is 0.110. The maximum absolute atomic E-state index is 11.3. The van der Waals surface area contributed by atoms with Crippen molar-refractivity contribution in [3.8, 4) is 0 Å². The van der Waals surface area contributed by atoms with E-state index >= 15 is 0 Å². The lowest BCUT2D eigenvalue weighted by Gasteiger charge is -2.34. The van der Waals surface area contributed by atoms with Crippen molar-refractivity contribution >= 4 is 10.8 Å². The molecule has 0 aromatic carbocycles. The van der Waals surface area contributed by atoms with Gasteiger partial charge in [-0.1, -0.05) is 20.3 Å². The molecule has 0 aromatic heterocycles. The molecule has 0 bridgehead atoms. The topological polar surface area (TPSA) is 20.3 Å². The second-order valence-corrected chi connectivity index (χ2v) is 5.00. The van der Waals surface area contributed by atoms with Crippen molar-refractivity contribution in [1.82, 2.24) is 4.90 Å². The molecule has 1 saturated heterocycles. The molecule has 1 aliphatic rings. The summed E-state index contributed by atoms with van der Waals surface area (Å²) in [6.07, 6.45) is 2.41. The zero-order valence-corrected chi connectivity index (χ0v) is 8.90. The zero-order valence-electron chi connectivity index (χ0n) is 8.08. The van der Waals surface area contributed by atoms with E-state index in [1.807, 2.05) is 0 Å². The molecule has 2 unspecified atom stereocenters. The van der Waals surface area contributed by atoms with Gasteiger partial charge in [0.15, 0.2) is 0 Å². The van der Waals surface area contributed by atoms with E-state index in [1.165, 1.54) is 12.8 Å². The summed E-state index contributed by atoms with van der Waals surface area (Å²) in [5.74, 6) is 1.79. The molecule has 1 fully saturated rings. The van der Waals surface area contributed by atoms with Crippen LogP contribution in [0, 0.1) is 0 Å². The van der Waals surface area contributed by atoms with Crippen molar-refractivity contribution in [2.24, 2.45) is 0 Å². The van der Waals surface area contributed by atoms with Crippen molar-refractivity contribution in [3.05, 3.63) is 0 Å². The molecule has 0 N–H and O–H groups in total. The molecular formula is C9H19NOS. The highest BCUT2D eigenvalue weighted by Crippen LogP contribution is 2.13. The lowest BCUT2D eigenvalue weighted by Crippen LogP contribution is -2.46. The molecule has 2 nitrogen and oxygen atoms in total. The molecule has 0 spiro atoms. The van der Waals surface area contributed by atoms with Gasteiger partial charge in [0.2, 0.25) is 0 Å². The molecule has 0 radical (unpaired) electrons. The number of rotatable bonds is 3. The molecule has 0 aromatic rings. The van der Waals surface area contributed by atoms with Crippen LogP contribution in [0.15, 0.2) is 0 Å². The average molecular weight is 189 g/mol. The number of hydrogen-bond donors (Lipinski definition) is 0. The van der Waals surface area contributed by atoms with Crippen molar-refractivity contribution in [1.29, 1.82) is 0 Å². The Kier molecular flexibility index (Phi) is 4.22.